The van der Waals surface area contributed by atoms with Crippen LogP contribution < -0.4 is 15.2 Å². The summed E-state index contributed by atoms with van der Waals surface area (Å²) in [6, 6.07) is 3.82. The average Bonchev–Trinajstić information content (AvgIpc) is 3.21. The predicted octanol–water partition coefficient (Wildman–Crippen LogP) is 3.09. The van der Waals surface area contributed by atoms with E-state index in [1.807, 2.05) is 23.6 Å². The second kappa shape index (κ2) is 7.29. The molecule has 1 aliphatic heterocycles. The van der Waals surface area contributed by atoms with E-state index in [1.54, 1.807) is 0 Å². The van der Waals surface area contributed by atoms with E-state index >= 15 is 0 Å². The van der Waals surface area contributed by atoms with Gasteiger partial charge in [0.05, 0.1) is 13.2 Å². The van der Waals surface area contributed by atoms with E-state index in [4.69, 9.17) is 19.9 Å². The van der Waals surface area contributed by atoms with Gasteiger partial charge in [-0.1, -0.05) is 11.8 Å². The zero-order chi connectivity index (χ0) is 18.1. The van der Waals surface area contributed by atoms with Gasteiger partial charge in [-0.2, -0.15) is 0 Å². The highest BCUT2D eigenvalue weighted by molar-refractivity contribution is 9.10. The van der Waals surface area contributed by atoms with Gasteiger partial charge in [-0.05, 0) is 35.0 Å². The minimum atomic E-state index is 0.231. The molecule has 4 rings (SSSR count). The maximum absolute atomic E-state index is 5.98. The maximum Gasteiger partial charge on any atom is 0.231 e. The molecule has 0 spiro atoms. The van der Waals surface area contributed by atoms with Crippen molar-refractivity contribution in [1.29, 1.82) is 0 Å². The second-order valence-electron chi connectivity index (χ2n) is 5.41. The van der Waals surface area contributed by atoms with Gasteiger partial charge in [-0.15, -0.1) is 0 Å². The quantitative estimate of drug-likeness (QED) is 0.587. The lowest BCUT2D eigenvalue weighted by Gasteiger charge is -2.09. The first-order valence-corrected chi connectivity index (χ1v) is 9.59. The molecule has 0 atom stereocenters. The van der Waals surface area contributed by atoms with Crippen molar-refractivity contribution in [3.05, 3.63) is 22.9 Å². The zero-order valence-electron chi connectivity index (χ0n) is 13.9. The summed E-state index contributed by atoms with van der Waals surface area (Å²) in [6.45, 7) is 4.02. The number of imidazole rings is 1. The van der Waals surface area contributed by atoms with Crippen LogP contribution in [0.1, 0.15) is 6.92 Å². The highest BCUT2D eigenvalue weighted by Crippen LogP contribution is 2.43. The minimum absolute atomic E-state index is 0.231. The first-order valence-electron chi connectivity index (χ1n) is 7.98. The van der Waals surface area contributed by atoms with Gasteiger partial charge in [0.1, 0.15) is 6.33 Å². The van der Waals surface area contributed by atoms with E-state index in [0.29, 0.717) is 42.5 Å². The highest BCUT2D eigenvalue weighted by atomic mass is 79.9. The van der Waals surface area contributed by atoms with E-state index in [2.05, 4.69) is 30.9 Å². The van der Waals surface area contributed by atoms with Crippen molar-refractivity contribution >= 4 is 44.7 Å². The summed E-state index contributed by atoms with van der Waals surface area (Å²) in [5.41, 5.74) is 7.25. The fourth-order valence-corrected chi connectivity index (χ4v) is 4.10. The Bertz CT molecular complexity index is 965. The molecule has 2 N–H and O–H groups in total. The number of nitrogens with two attached hydrogens (primary N) is 1. The molecule has 3 aromatic rings. The molecule has 3 heterocycles. The topological polar surface area (TPSA) is 97.3 Å². The number of rotatable bonds is 6. The summed E-state index contributed by atoms with van der Waals surface area (Å²) in [6.07, 6.45) is 1.45. The number of benzene rings is 1. The lowest BCUT2D eigenvalue weighted by molar-refractivity contribution is 0.138. The molecule has 0 unspecified atom stereocenters. The lowest BCUT2D eigenvalue weighted by atomic mass is 10.3. The van der Waals surface area contributed by atoms with Gasteiger partial charge in [0, 0.05) is 16.0 Å². The predicted molar refractivity (Wildman–Crippen MR) is 101 cm³/mol. The Balaban J connectivity index is 1.73. The first-order chi connectivity index (χ1) is 12.7. The van der Waals surface area contributed by atoms with Gasteiger partial charge in [0.15, 0.2) is 33.6 Å². The third-order valence-electron chi connectivity index (χ3n) is 3.82. The normalized spacial score (nSPS) is 12.8. The molecule has 1 aliphatic rings. The number of fused-ring (bicyclic) bond motifs is 2. The van der Waals surface area contributed by atoms with Crippen LogP contribution in [0.25, 0.3) is 11.2 Å². The van der Waals surface area contributed by atoms with Crippen LogP contribution in [0.2, 0.25) is 0 Å². The highest BCUT2D eigenvalue weighted by Gasteiger charge is 2.20. The number of aromatic nitrogens is 4. The van der Waals surface area contributed by atoms with E-state index in [9.17, 15) is 0 Å². The molecule has 136 valence electrons. The van der Waals surface area contributed by atoms with Crippen molar-refractivity contribution in [2.45, 2.75) is 23.5 Å². The average molecular weight is 438 g/mol. The lowest BCUT2D eigenvalue weighted by Crippen LogP contribution is -2.08. The van der Waals surface area contributed by atoms with Gasteiger partial charge in [0.25, 0.3) is 0 Å². The summed E-state index contributed by atoms with van der Waals surface area (Å²) in [4.78, 5) is 14.0. The van der Waals surface area contributed by atoms with Crippen molar-refractivity contribution in [2.24, 2.45) is 0 Å². The van der Waals surface area contributed by atoms with Crippen molar-refractivity contribution in [1.82, 2.24) is 19.5 Å². The molecule has 0 amide bonds. The fourth-order valence-electron chi connectivity index (χ4n) is 2.59. The van der Waals surface area contributed by atoms with Crippen LogP contribution in [0.15, 0.2) is 33.0 Å². The Morgan fingerprint density at radius 3 is 2.92 bits per heavy atom. The number of nitrogens with zero attached hydrogens (tertiary/aromatic N) is 4. The number of ether oxygens (including phenoxy) is 3. The van der Waals surface area contributed by atoms with Gasteiger partial charge >= 0.3 is 0 Å². The summed E-state index contributed by atoms with van der Waals surface area (Å²) in [5, 5.41) is 0.756. The number of anilines is 1. The molecule has 0 saturated heterocycles. The van der Waals surface area contributed by atoms with E-state index < -0.39 is 0 Å². The number of nitrogen functional groups attached to an aromatic ring is 1. The van der Waals surface area contributed by atoms with Crippen LogP contribution in [-0.2, 0) is 11.3 Å². The molecule has 0 bridgehead atoms. The molecule has 0 radical (unpaired) electrons. The number of hydrogen-bond acceptors (Lipinski definition) is 8. The molecule has 0 fully saturated rings. The van der Waals surface area contributed by atoms with Gasteiger partial charge in [-0.25, -0.2) is 15.0 Å². The van der Waals surface area contributed by atoms with Gasteiger partial charge in [-0.3, -0.25) is 0 Å². The molecular formula is C16H16BrN5O3S. The first kappa shape index (κ1) is 17.4. The molecule has 26 heavy (non-hydrogen) atoms. The third kappa shape index (κ3) is 3.19. The molecule has 8 nitrogen and oxygen atoms in total. The summed E-state index contributed by atoms with van der Waals surface area (Å²) < 4.78 is 19.3. The summed E-state index contributed by atoms with van der Waals surface area (Å²) >= 11 is 5.07. The molecule has 0 saturated carbocycles. The van der Waals surface area contributed by atoms with Crippen LogP contribution in [0, 0.1) is 0 Å². The standard InChI is InChI=1S/C16H16BrN5O3S/c1-2-23-4-3-22-15-13(14(18)19-7-20-15)21-16(22)26-12-6-11-10(5-9(12)17)24-8-25-11/h5-7H,2-4,8H2,1H3,(H2,18,19,20). The van der Waals surface area contributed by atoms with Gasteiger partial charge in [0.2, 0.25) is 6.79 Å². The van der Waals surface area contributed by atoms with Crippen molar-refractivity contribution < 1.29 is 14.2 Å². The fraction of sp³-hybridized carbons (Fsp3) is 0.312. The Labute approximate surface area is 162 Å². The maximum atomic E-state index is 5.98. The number of hydrogen-bond donors (Lipinski definition) is 1. The van der Waals surface area contributed by atoms with Crippen LogP contribution in [0.5, 0.6) is 11.5 Å². The Kier molecular flexibility index (Phi) is 4.88. The zero-order valence-corrected chi connectivity index (χ0v) is 16.3. The monoisotopic (exact) mass is 437 g/mol. The smallest absolute Gasteiger partial charge is 0.231 e. The molecular weight excluding hydrogens is 422 g/mol. The SMILES string of the molecule is CCOCCn1c(Sc2cc3c(cc2Br)OCO3)nc2c(N)ncnc21. The van der Waals surface area contributed by atoms with Crippen LogP contribution >= 0.6 is 27.7 Å². The van der Waals surface area contributed by atoms with Crippen LogP contribution in [-0.4, -0.2) is 39.5 Å². The van der Waals surface area contributed by atoms with Gasteiger partial charge < -0.3 is 24.5 Å². The molecule has 10 heteroatoms. The Morgan fingerprint density at radius 1 is 1.31 bits per heavy atom. The van der Waals surface area contributed by atoms with E-state index in [1.165, 1.54) is 18.1 Å². The minimum Gasteiger partial charge on any atom is -0.454 e. The second-order valence-corrected chi connectivity index (χ2v) is 7.28. The molecule has 0 aliphatic carbocycles. The largest absolute Gasteiger partial charge is 0.454 e. The number of halogens is 1. The van der Waals surface area contributed by atoms with Crippen molar-refractivity contribution in [2.75, 3.05) is 25.7 Å². The Morgan fingerprint density at radius 2 is 2.12 bits per heavy atom. The van der Waals surface area contributed by atoms with Crippen molar-refractivity contribution in [3.8, 4) is 11.5 Å². The molecule has 1 aromatic carbocycles. The van der Waals surface area contributed by atoms with E-state index in [0.717, 1.165) is 20.3 Å². The summed E-state index contributed by atoms with van der Waals surface area (Å²) in [7, 11) is 0. The third-order valence-corrected chi connectivity index (χ3v) is 5.79. The molecule has 2 aromatic heterocycles. The Hall–Kier alpha value is -2.04. The van der Waals surface area contributed by atoms with Crippen LogP contribution in [0.4, 0.5) is 5.82 Å². The van der Waals surface area contributed by atoms with E-state index in [-0.39, 0.29) is 6.79 Å². The van der Waals surface area contributed by atoms with Crippen LogP contribution in [0.3, 0.4) is 0 Å². The van der Waals surface area contributed by atoms with Crippen molar-refractivity contribution in [3.63, 3.8) is 0 Å². The summed E-state index contributed by atoms with van der Waals surface area (Å²) in [5.74, 6) is 1.80.